The van der Waals surface area contributed by atoms with E-state index in [-0.39, 0.29) is 35.4 Å². The summed E-state index contributed by atoms with van der Waals surface area (Å²) in [5.74, 6) is -1.52. The second-order valence-corrected chi connectivity index (χ2v) is 11.9. The molecule has 40 heavy (non-hydrogen) atoms. The van der Waals surface area contributed by atoms with Crippen molar-refractivity contribution in [2.24, 2.45) is 11.8 Å². The van der Waals surface area contributed by atoms with Crippen molar-refractivity contribution in [2.45, 2.75) is 89.5 Å². The minimum absolute atomic E-state index is 0.0111. The molecular weight excluding hydrogens is 521 g/mol. The highest BCUT2D eigenvalue weighted by Crippen LogP contribution is 2.36. The number of hydrogen-bond donors (Lipinski definition) is 2. The average molecular weight is 559 g/mol. The number of hydrogen-bond acceptors (Lipinski definition) is 4. The third-order valence-electron chi connectivity index (χ3n) is 7.74. The maximum absolute atomic E-state index is 13.2. The number of esters is 1. The Morgan fingerprint density at radius 1 is 0.825 bits per heavy atom. The summed E-state index contributed by atoms with van der Waals surface area (Å²) in [4.78, 5) is 38.5. The van der Waals surface area contributed by atoms with Gasteiger partial charge >= 0.3 is 12.1 Å². The van der Waals surface area contributed by atoms with Crippen molar-refractivity contribution in [3.8, 4) is 0 Å². The quantitative estimate of drug-likeness (QED) is 0.380. The van der Waals surface area contributed by atoms with Gasteiger partial charge in [-0.3, -0.25) is 9.59 Å². The number of benzene rings is 2. The summed E-state index contributed by atoms with van der Waals surface area (Å²) in [6, 6.07) is 11.9. The third kappa shape index (κ3) is 7.64. The van der Waals surface area contributed by atoms with E-state index in [1.165, 1.54) is 12.1 Å². The Morgan fingerprint density at radius 3 is 2.05 bits per heavy atom. The number of amides is 2. The van der Waals surface area contributed by atoms with E-state index in [0.29, 0.717) is 18.4 Å². The van der Waals surface area contributed by atoms with Crippen LogP contribution in [0.25, 0.3) is 0 Å². The normalized spacial score (nSPS) is 23.4. The highest BCUT2D eigenvalue weighted by molar-refractivity contribution is 5.96. The summed E-state index contributed by atoms with van der Waals surface area (Å²) in [6.45, 7) is 5.51. The topological polar surface area (TPSA) is 84.5 Å². The molecule has 0 spiro atoms. The van der Waals surface area contributed by atoms with E-state index in [9.17, 15) is 27.6 Å². The van der Waals surface area contributed by atoms with Gasteiger partial charge in [-0.05, 0) is 107 Å². The second-order valence-electron chi connectivity index (χ2n) is 11.9. The molecule has 0 radical (unpaired) electrons. The van der Waals surface area contributed by atoms with Crippen LogP contribution < -0.4 is 10.6 Å². The van der Waals surface area contributed by atoms with E-state index in [1.807, 2.05) is 39.0 Å². The van der Waals surface area contributed by atoms with Gasteiger partial charge in [-0.15, -0.1) is 0 Å². The van der Waals surface area contributed by atoms with Crippen molar-refractivity contribution >= 4 is 23.5 Å². The van der Waals surface area contributed by atoms with Gasteiger partial charge in [-0.25, -0.2) is 4.79 Å². The predicted octanol–water partition coefficient (Wildman–Crippen LogP) is 6.86. The Hall–Kier alpha value is -3.36. The molecule has 4 rings (SSSR count). The zero-order chi connectivity index (χ0) is 29.1. The van der Waals surface area contributed by atoms with Gasteiger partial charge in [0.15, 0.2) is 0 Å². The number of alkyl halides is 3. The first-order valence-corrected chi connectivity index (χ1v) is 13.9. The van der Waals surface area contributed by atoms with Crippen LogP contribution in [-0.4, -0.2) is 29.4 Å². The zero-order valence-electron chi connectivity index (χ0n) is 23.1. The molecule has 0 aliphatic heterocycles. The monoisotopic (exact) mass is 558 g/mol. The number of ether oxygens (including phenoxy) is 1. The Labute approximate surface area is 233 Å². The number of carbonyl (C=O) groups excluding carboxylic acids is 3. The van der Waals surface area contributed by atoms with Crippen LogP contribution in [0.3, 0.4) is 0 Å². The average Bonchev–Trinajstić information content (AvgIpc) is 3.39. The molecule has 0 saturated heterocycles. The number of anilines is 1. The summed E-state index contributed by atoms with van der Waals surface area (Å²) in [7, 11) is 0. The van der Waals surface area contributed by atoms with Crippen molar-refractivity contribution in [3.05, 3.63) is 65.2 Å². The van der Waals surface area contributed by atoms with Crippen LogP contribution in [0.2, 0.25) is 0 Å². The molecule has 2 N–H and O–H groups in total. The lowest BCUT2D eigenvalue weighted by atomic mass is 9.81. The van der Waals surface area contributed by atoms with Gasteiger partial charge in [0.1, 0.15) is 5.60 Å². The van der Waals surface area contributed by atoms with E-state index >= 15 is 0 Å². The predicted molar refractivity (Wildman–Crippen MR) is 146 cm³/mol. The lowest BCUT2D eigenvalue weighted by molar-refractivity contribution is -0.137. The van der Waals surface area contributed by atoms with Gasteiger partial charge in [0, 0.05) is 23.6 Å². The Kier molecular flexibility index (Phi) is 8.90. The van der Waals surface area contributed by atoms with Crippen molar-refractivity contribution in [1.82, 2.24) is 5.32 Å². The molecule has 0 bridgehead atoms. The van der Waals surface area contributed by atoms with E-state index < -0.39 is 29.2 Å². The standard InChI is InChI=1S/C31H37F3N2O4/c1-30(2,3)40-29(39)21-7-4-6-20(18-21)19-10-14-23(15-11-19)35-27(37)25-8-5-9-26(25)28(38)36-24-16-12-22(13-17-24)31(32,33)34/h4,6-7,12-13,16-19,23,25-26H,5,8-11,14-15H2,1-3H3,(H,35,37)(H,36,38)/t19?,23?,25-,26?/m0/s1. The van der Waals surface area contributed by atoms with E-state index in [2.05, 4.69) is 10.6 Å². The van der Waals surface area contributed by atoms with Crippen LogP contribution in [0, 0.1) is 11.8 Å². The molecule has 2 aliphatic rings. The Morgan fingerprint density at radius 2 is 1.45 bits per heavy atom. The van der Waals surface area contributed by atoms with Crippen LogP contribution in [-0.2, 0) is 20.5 Å². The van der Waals surface area contributed by atoms with Gasteiger partial charge in [0.2, 0.25) is 11.8 Å². The molecule has 9 heteroatoms. The summed E-state index contributed by atoms with van der Waals surface area (Å²) < 4.78 is 43.9. The SMILES string of the molecule is CC(C)(C)OC(=O)c1cccc(C2CCC(NC(=O)[C@H]3CCCC3C(=O)Nc3ccc(C(F)(F)F)cc3)CC2)c1. The molecule has 2 aromatic carbocycles. The summed E-state index contributed by atoms with van der Waals surface area (Å²) in [5.41, 5.74) is 0.547. The van der Waals surface area contributed by atoms with Crippen molar-refractivity contribution < 1.29 is 32.3 Å². The highest BCUT2D eigenvalue weighted by Gasteiger charge is 2.39. The molecule has 2 fully saturated rings. The first-order chi connectivity index (χ1) is 18.8. The smallest absolute Gasteiger partial charge is 0.416 e. The van der Waals surface area contributed by atoms with Crippen molar-refractivity contribution in [1.29, 1.82) is 0 Å². The molecule has 1 unspecified atom stereocenters. The molecule has 2 saturated carbocycles. The minimum atomic E-state index is -4.44. The van der Waals surface area contributed by atoms with Crippen LogP contribution in [0.5, 0.6) is 0 Å². The maximum Gasteiger partial charge on any atom is 0.416 e. The summed E-state index contributed by atoms with van der Waals surface area (Å²) in [6.07, 6.45) is 0.778. The highest BCUT2D eigenvalue weighted by atomic mass is 19.4. The van der Waals surface area contributed by atoms with Crippen molar-refractivity contribution in [2.75, 3.05) is 5.32 Å². The summed E-state index contributed by atoms with van der Waals surface area (Å²) >= 11 is 0. The van der Waals surface area contributed by atoms with Gasteiger partial charge in [0.05, 0.1) is 11.1 Å². The van der Waals surface area contributed by atoms with Crippen LogP contribution in [0.4, 0.5) is 18.9 Å². The molecule has 6 nitrogen and oxygen atoms in total. The van der Waals surface area contributed by atoms with E-state index in [0.717, 1.165) is 49.8 Å². The van der Waals surface area contributed by atoms with Gasteiger partial charge < -0.3 is 15.4 Å². The van der Waals surface area contributed by atoms with E-state index in [4.69, 9.17) is 4.74 Å². The molecule has 2 aromatic rings. The number of nitrogens with one attached hydrogen (secondary N) is 2. The van der Waals surface area contributed by atoms with Crippen LogP contribution in [0.15, 0.2) is 48.5 Å². The molecule has 2 atom stereocenters. The lowest BCUT2D eigenvalue weighted by Gasteiger charge is -2.31. The van der Waals surface area contributed by atoms with Crippen molar-refractivity contribution in [3.63, 3.8) is 0 Å². The van der Waals surface area contributed by atoms with Gasteiger partial charge in [-0.1, -0.05) is 18.6 Å². The van der Waals surface area contributed by atoms with Crippen LogP contribution >= 0.6 is 0 Å². The number of rotatable bonds is 6. The second kappa shape index (κ2) is 12.0. The lowest BCUT2D eigenvalue weighted by Crippen LogP contribution is -2.43. The third-order valence-corrected chi connectivity index (χ3v) is 7.74. The molecule has 0 heterocycles. The molecule has 216 valence electrons. The number of carbonyl (C=O) groups is 3. The minimum Gasteiger partial charge on any atom is -0.456 e. The Balaban J connectivity index is 1.29. The van der Waals surface area contributed by atoms with E-state index in [1.54, 1.807) is 6.07 Å². The zero-order valence-corrected chi connectivity index (χ0v) is 23.1. The summed E-state index contributed by atoms with van der Waals surface area (Å²) in [5, 5.41) is 5.82. The number of halogens is 3. The first kappa shape index (κ1) is 29.6. The van der Waals surface area contributed by atoms with Gasteiger partial charge in [-0.2, -0.15) is 13.2 Å². The molecular formula is C31H37F3N2O4. The molecule has 2 aliphatic carbocycles. The fraction of sp³-hybridized carbons (Fsp3) is 0.516. The largest absolute Gasteiger partial charge is 0.456 e. The first-order valence-electron chi connectivity index (χ1n) is 13.9. The molecule has 0 aromatic heterocycles. The van der Waals surface area contributed by atoms with Crippen LogP contribution in [0.1, 0.15) is 93.1 Å². The fourth-order valence-electron chi connectivity index (χ4n) is 5.70. The fourth-order valence-corrected chi connectivity index (χ4v) is 5.70. The maximum atomic E-state index is 13.2. The molecule has 2 amide bonds. The van der Waals surface area contributed by atoms with Gasteiger partial charge in [0.25, 0.3) is 0 Å². The Bertz CT molecular complexity index is 1210.